The predicted molar refractivity (Wildman–Crippen MR) is 69.6 cm³/mol. The number of nitrogens with two attached hydrogens (primary N) is 1. The molecule has 5 heteroatoms. The van der Waals surface area contributed by atoms with Crippen molar-refractivity contribution in [2.24, 2.45) is 5.73 Å². The first-order chi connectivity index (χ1) is 8.63. The summed E-state index contributed by atoms with van der Waals surface area (Å²) in [6, 6.07) is 9.02. The Morgan fingerprint density at radius 3 is 2.50 bits per heavy atom. The van der Waals surface area contributed by atoms with Crippen molar-refractivity contribution in [2.45, 2.75) is 25.9 Å². The van der Waals surface area contributed by atoms with Gasteiger partial charge in [-0.05, 0) is 12.0 Å². The average Bonchev–Trinajstić information content (AvgIpc) is 2.42. The third kappa shape index (κ3) is 4.97. The molecule has 4 N–H and O–H groups in total. The molecule has 98 valence electrons. The molecule has 0 aromatic heterocycles. The standard InChI is InChI=1S/C13H19N3O2/c1-2-11(14)13(18)16-9-12(17)15-8-10-6-4-3-5-7-10/h3-7,11H,2,8-9,14H2,1H3,(H,15,17)(H,16,18)/t11-/m0/s1. The summed E-state index contributed by atoms with van der Waals surface area (Å²) in [6.45, 7) is 2.23. The zero-order valence-electron chi connectivity index (χ0n) is 10.5. The van der Waals surface area contributed by atoms with Gasteiger partial charge in [0.05, 0.1) is 12.6 Å². The summed E-state index contributed by atoms with van der Waals surface area (Å²) < 4.78 is 0. The number of hydrogen-bond donors (Lipinski definition) is 3. The lowest BCUT2D eigenvalue weighted by atomic mass is 10.2. The van der Waals surface area contributed by atoms with Crippen LogP contribution in [0.4, 0.5) is 0 Å². The van der Waals surface area contributed by atoms with E-state index in [1.165, 1.54) is 0 Å². The highest BCUT2D eigenvalue weighted by molar-refractivity contribution is 5.87. The number of amides is 2. The van der Waals surface area contributed by atoms with Gasteiger partial charge in [-0.15, -0.1) is 0 Å². The quantitative estimate of drug-likeness (QED) is 0.671. The van der Waals surface area contributed by atoms with Gasteiger partial charge < -0.3 is 16.4 Å². The van der Waals surface area contributed by atoms with Gasteiger partial charge in [-0.3, -0.25) is 9.59 Å². The van der Waals surface area contributed by atoms with Gasteiger partial charge in [-0.2, -0.15) is 0 Å². The first-order valence-corrected chi connectivity index (χ1v) is 5.97. The Balaban J connectivity index is 2.24. The molecule has 1 aromatic carbocycles. The lowest BCUT2D eigenvalue weighted by Crippen LogP contribution is -2.44. The fraction of sp³-hybridized carbons (Fsp3) is 0.385. The number of carbonyl (C=O) groups is 2. The Morgan fingerprint density at radius 1 is 1.22 bits per heavy atom. The Bertz CT molecular complexity index is 392. The van der Waals surface area contributed by atoms with Crippen molar-refractivity contribution in [3.63, 3.8) is 0 Å². The van der Waals surface area contributed by atoms with Crippen molar-refractivity contribution in [3.05, 3.63) is 35.9 Å². The molecule has 0 heterocycles. The Labute approximate surface area is 107 Å². The van der Waals surface area contributed by atoms with Gasteiger partial charge in [0.15, 0.2) is 0 Å². The van der Waals surface area contributed by atoms with Gasteiger partial charge in [0.25, 0.3) is 0 Å². The topological polar surface area (TPSA) is 84.2 Å². The van der Waals surface area contributed by atoms with Crippen LogP contribution in [0, 0.1) is 0 Å². The molecule has 0 radical (unpaired) electrons. The summed E-state index contributed by atoms with van der Waals surface area (Å²) in [4.78, 5) is 22.8. The van der Waals surface area contributed by atoms with E-state index in [2.05, 4.69) is 10.6 Å². The number of benzene rings is 1. The molecule has 0 spiro atoms. The Kier molecular flexibility index (Phi) is 5.87. The van der Waals surface area contributed by atoms with Crippen molar-refractivity contribution in [1.29, 1.82) is 0 Å². The molecule has 1 rings (SSSR count). The minimum absolute atomic E-state index is 0.0423. The van der Waals surface area contributed by atoms with Gasteiger partial charge in [-0.1, -0.05) is 37.3 Å². The van der Waals surface area contributed by atoms with Gasteiger partial charge in [0, 0.05) is 6.54 Å². The first kappa shape index (κ1) is 14.2. The third-order valence-electron chi connectivity index (χ3n) is 2.53. The smallest absolute Gasteiger partial charge is 0.239 e. The highest BCUT2D eigenvalue weighted by Crippen LogP contribution is 1.96. The largest absolute Gasteiger partial charge is 0.350 e. The predicted octanol–water partition coefficient (Wildman–Crippen LogP) is 0.156. The molecule has 5 nitrogen and oxygen atoms in total. The zero-order valence-corrected chi connectivity index (χ0v) is 10.5. The Hall–Kier alpha value is -1.88. The Morgan fingerprint density at radius 2 is 1.89 bits per heavy atom. The molecule has 2 amide bonds. The van der Waals surface area contributed by atoms with Crippen LogP contribution in [0.3, 0.4) is 0 Å². The van der Waals surface area contributed by atoms with Crippen LogP contribution >= 0.6 is 0 Å². The molecular weight excluding hydrogens is 230 g/mol. The number of hydrogen-bond acceptors (Lipinski definition) is 3. The first-order valence-electron chi connectivity index (χ1n) is 5.97. The van der Waals surface area contributed by atoms with Crippen LogP contribution in [0.15, 0.2) is 30.3 Å². The maximum absolute atomic E-state index is 11.5. The summed E-state index contributed by atoms with van der Waals surface area (Å²) >= 11 is 0. The van der Waals surface area contributed by atoms with E-state index in [-0.39, 0.29) is 18.4 Å². The normalized spacial score (nSPS) is 11.7. The number of carbonyl (C=O) groups excluding carboxylic acids is 2. The summed E-state index contributed by atoms with van der Waals surface area (Å²) in [5.41, 5.74) is 6.54. The zero-order chi connectivity index (χ0) is 13.4. The minimum atomic E-state index is -0.549. The van der Waals surface area contributed by atoms with Crippen LogP contribution in [0.5, 0.6) is 0 Å². The van der Waals surface area contributed by atoms with Crippen LogP contribution < -0.4 is 16.4 Å². The second-order valence-electron chi connectivity index (χ2n) is 3.99. The van der Waals surface area contributed by atoms with Gasteiger partial charge >= 0.3 is 0 Å². The van der Waals surface area contributed by atoms with E-state index < -0.39 is 6.04 Å². The van der Waals surface area contributed by atoms with Crippen molar-refractivity contribution in [1.82, 2.24) is 10.6 Å². The maximum Gasteiger partial charge on any atom is 0.239 e. The molecule has 0 bridgehead atoms. The van der Waals surface area contributed by atoms with Gasteiger partial charge in [-0.25, -0.2) is 0 Å². The van der Waals surface area contributed by atoms with E-state index >= 15 is 0 Å². The van der Waals surface area contributed by atoms with E-state index in [1.54, 1.807) is 0 Å². The highest BCUT2D eigenvalue weighted by Gasteiger charge is 2.11. The van der Waals surface area contributed by atoms with E-state index in [4.69, 9.17) is 5.73 Å². The molecular formula is C13H19N3O2. The van der Waals surface area contributed by atoms with Gasteiger partial charge in [0.1, 0.15) is 0 Å². The monoisotopic (exact) mass is 249 g/mol. The fourth-order valence-electron chi connectivity index (χ4n) is 1.34. The van der Waals surface area contributed by atoms with Crippen molar-refractivity contribution in [3.8, 4) is 0 Å². The molecule has 0 unspecified atom stereocenters. The van der Waals surface area contributed by atoms with Crippen molar-refractivity contribution in [2.75, 3.05) is 6.54 Å². The molecule has 0 aliphatic rings. The van der Waals surface area contributed by atoms with Crippen molar-refractivity contribution < 1.29 is 9.59 Å². The van der Waals surface area contributed by atoms with Gasteiger partial charge in [0.2, 0.25) is 11.8 Å². The van der Waals surface area contributed by atoms with E-state index in [1.807, 2.05) is 37.3 Å². The number of nitrogens with one attached hydrogen (secondary N) is 2. The van der Waals surface area contributed by atoms with E-state index in [9.17, 15) is 9.59 Å². The lowest BCUT2D eigenvalue weighted by Gasteiger charge is -2.10. The van der Waals surface area contributed by atoms with Crippen LogP contribution in [-0.2, 0) is 16.1 Å². The second-order valence-corrected chi connectivity index (χ2v) is 3.99. The maximum atomic E-state index is 11.5. The molecule has 0 saturated carbocycles. The van der Waals surface area contributed by atoms with Crippen molar-refractivity contribution >= 4 is 11.8 Å². The lowest BCUT2D eigenvalue weighted by molar-refractivity contribution is -0.126. The van der Waals surface area contributed by atoms with E-state index in [0.717, 1.165) is 5.56 Å². The second kappa shape index (κ2) is 7.45. The summed E-state index contributed by atoms with van der Waals surface area (Å²) in [5, 5.41) is 5.21. The summed E-state index contributed by atoms with van der Waals surface area (Å²) in [6.07, 6.45) is 0.553. The van der Waals surface area contributed by atoms with Crippen LogP contribution in [0.25, 0.3) is 0 Å². The fourth-order valence-corrected chi connectivity index (χ4v) is 1.34. The SMILES string of the molecule is CC[C@H](N)C(=O)NCC(=O)NCc1ccccc1. The van der Waals surface area contributed by atoms with Crippen LogP contribution in [0.2, 0.25) is 0 Å². The van der Waals surface area contributed by atoms with Crippen LogP contribution in [0.1, 0.15) is 18.9 Å². The molecule has 1 aromatic rings. The molecule has 0 aliphatic carbocycles. The number of rotatable bonds is 6. The summed E-state index contributed by atoms with van der Waals surface area (Å²) in [5.74, 6) is -0.525. The average molecular weight is 249 g/mol. The molecule has 1 atom stereocenters. The highest BCUT2D eigenvalue weighted by atomic mass is 16.2. The molecule has 18 heavy (non-hydrogen) atoms. The molecule has 0 fully saturated rings. The van der Waals surface area contributed by atoms with E-state index in [0.29, 0.717) is 13.0 Å². The van der Waals surface area contributed by atoms with Crippen LogP contribution in [-0.4, -0.2) is 24.4 Å². The third-order valence-corrected chi connectivity index (χ3v) is 2.53. The summed E-state index contributed by atoms with van der Waals surface area (Å²) in [7, 11) is 0. The molecule has 0 saturated heterocycles. The minimum Gasteiger partial charge on any atom is -0.350 e. The molecule has 0 aliphatic heterocycles.